The molecule has 0 fully saturated rings. The number of esters is 1. The van der Waals surface area contributed by atoms with Crippen LogP contribution < -0.4 is 4.74 Å². The minimum Gasteiger partial charge on any atom is -0.497 e. The minimum atomic E-state index is -0.883. The molecule has 24 heavy (non-hydrogen) atoms. The van der Waals surface area contributed by atoms with Gasteiger partial charge in [0, 0.05) is 11.6 Å². The van der Waals surface area contributed by atoms with E-state index < -0.39 is 18.4 Å². The number of hydrogen-bond acceptors (Lipinski definition) is 4. The summed E-state index contributed by atoms with van der Waals surface area (Å²) in [6, 6.07) is 7.60. The Balaban J connectivity index is 2.11. The molecule has 0 atom stereocenters. The van der Waals surface area contributed by atoms with E-state index in [-0.39, 0.29) is 11.3 Å². The molecule has 0 bridgehead atoms. The number of hydrogen-bond donors (Lipinski definition) is 0. The average Bonchev–Trinajstić information content (AvgIpc) is 2.51. The van der Waals surface area contributed by atoms with Crippen LogP contribution in [0.2, 0.25) is 0 Å². The highest BCUT2D eigenvalue weighted by Gasteiger charge is 2.18. The molecule has 126 valence electrons. The number of carbonyl (C=O) groups excluding carboxylic acids is 2. The largest absolute Gasteiger partial charge is 0.497 e. The third-order valence-corrected chi connectivity index (χ3v) is 3.69. The van der Waals surface area contributed by atoms with Gasteiger partial charge in [-0.05, 0) is 44.0 Å². The smallest absolute Gasteiger partial charge is 0.341 e. The first-order valence-electron chi connectivity index (χ1n) is 7.45. The van der Waals surface area contributed by atoms with E-state index in [2.05, 4.69) is 0 Å². The van der Waals surface area contributed by atoms with Crippen LogP contribution in [0.5, 0.6) is 5.75 Å². The van der Waals surface area contributed by atoms with E-state index in [1.54, 1.807) is 0 Å². The molecule has 2 aromatic carbocycles. The molecule has 0 aromatic heterocycles. The minimum absolute atomic E-state index is 0.235. The molecule has 0 amide bonds. The molecule has 0 aliphatic rings. The maximum Gasteiger partial charge on any atom is 0.341 e. The molecule has 2 rings (SSSR count). The van der Waals surface area contributed by atoms with Gasteiger partial charge in [0.05, 0.1) is 12.7 Å². The highest BCUT2D eigenvalue weighted by molar-refractivity contribution is 6.01. The number of benzene rings is 2. The van der Waals surface area contributed by atoms with Gasteiger partial charge in [-0.1, -0.05) is 17.7 Å². The zero-order chi connectivity index (χ0) is 17.9. The molecule has 0 unspecified atom stereocenters. The SMILES string of the molecule is COc1ccc(C(=O)OCC(=O)c2c(C)cc(C)cc2C)c(F)c1. The summed E-state index contributed by atoms with van der Waals surface area (Å²) in [5.41, 5.74) is 3.00. The van der Waals surface area contributed by atoms with Gasteiger partial charge >= 0.3 is 5.97 Å². The highest BCUT2D eigenvalue weighted by Crippen LogP contribution is 2.19. The number of Topliss-reactive ketones (excluding diaryl/α,β-unsaturated/α-hetero) is 1. The Morgan fingerprint density at radius 1 is 1.04 bits per heavy atom. The standard InChI is InChI=1S/C19H19FO4/c1-11-7-12(2)18(13(3)8-11)17(21)10-24-19(22)15-6-5-14(23-4)9-16(15)20/h5-9H,10H2,1-4H3. The molecular weight excluding hydrogens is 311 g/mol. The normalized spacial score (nSPS) is 10.4. The lowest BCUT2D eigenvalue weighted by molar-refractivity contribution is 0.0469. The number of ketones is 1. The summed E-state index contributed by atoms with van der Waals surface area (Å²) in [5.74, 6) is -1.65. The summed E-state index contributed by atoms with van der Waals surface area (Å²) in [7, 11) is 1.40. The van der Waals surface area contributed by atoms with E-state index >= 15 is 0 Å². The van der Waals surface area contributed by atoms with Crippen molar-refractivity contribution in [1.82, 2.24) is 0 Å². The zero-order valence-electron chi connectivity index (χ0n) is 14.1. The van der Waals surface area contributed by atoms with Gasteiger partial charge in [-0.2, -0.15) is 0 Å². The van der Waals surface area contributed by atoms with Crippen LogP contribution in [0.3, 0.4) is 0 Å². The molecule has 0 saturated heterocycles. The Bertz CT molecular complexity index is 773. The molecule has 2 aromatic rings. The van der Waals surface area contributed by atoms with Gasteiger partial charge in [0.15, 0.2) is 6.61 Å². The molecule has 0 radical (unpaired) electrons. The van der Waals surface area contributed by atoms with Crippen molar-refractivity contribution in [3.05, 3.63) is 64.0 Å². The average molecular weight is 330 g/mol. The topological polar surface area (TPSA) is 52.6 Å². The lowest BCUT2D eigenvalue weighted by atomic mass is 9.97. The molecule has 0 heterocycles. The first-order chi connectivity index (χ1) is 11.3. The molecule has 0 spiro atoms. The van der Waals surface area contributed by atoms with Crippen molar-refractivity contribution in [2.45, 2.75) is 20.8 Å². The van der Waals surface area contributed by atoms with Crippen LogP contribution in [0.15, 0.2) is 30.3 Å². The van der Waals surface area contributed by atoms with E-state index in [9.17, 15) is 14.0 Å². The summed E-state index contributed by atoms with van der Waals surface area (Å²) in [6.45, 7) is 5.17. The van der Waals surface area contributed by atoms with Crippen LogP contribution in [-0.4, -0.2) is 25.5 Å². The zero-order valence-corrected chi connectivity index (χ0v) is 14.1. The predicted molar refractivity (Wildman–Crippen MR) is 88.2 cm³/mol. The number of carbonyl (C=O) groups is 2. The van der Waals surface area contributed by atoms with E-state index in [1.807, 2.05) is 32.9 Å². The van der Waals surface area contributed by atoms with Gasteiger partial charge < -0.3 is 9.47 Å². The van der Waals surface area contributed by atoms with Crippen molar-refractivity contribution in [2.24, 2.45) is 0 Å². The van der Waals surface area contributed by atoms with Crippen LogP contribution in [0.4, 0.5) is 4.39 Å². The molecule has 0 aliphatic carbocycles. The van der Waals surface area contributed by atoms with E-state index in [0.717, 1.165) is 22.8 Å². The van der Waals surface area contributed by atoms with Crippen LogP contribution in [0.25, 0.3) is 0 Å². The number of halogens is 1. The van der Waals surface area contributed by atoms with Gasteiger partial charge in [0.1, 0.15) is 11.6 Å². The van der Waals surface area contributed by atoms with Gasteiger partial charge in [0.25, 0.3) is 0 Å². The van der Waals surface area contributed by atoms with Crippen molar-refractivity contribution in [3.63, 3.8) is 0 Å². The van der Waals surface area contributed by atoms with Gasteiger partial charge in [-0.25, -0.2) is 9.18 Å². The van der Waals surface area contributed by atoms with Gasteiger partial charge in [0.2, 0.25) is 5.78 Å². The fourth-order valence-corrected chi connectivity index (χ4v) is 2.69. The first-order valence-corrected chi connectivity index (χ1v) is 7.45. The van der Waals surface area contributed by atoms with Gasteiger partial charge in [-0.3, -0.25) is 4.79 Å². The monoisotopic (exact) mass is 330 g/mol. The first kappa shape index (κ1) is 17.7. The Kier molecular flexibility index (Phi) is 5.34. The van der Waals surface area contributed by atoms with Crippen molar-refractivity contribution in [1.29, 1.82) is 0 Å². The summed E-state index contributed by atoms with van der Waals surface area (Å²) < 4.78 is 23.7. The molecule has 0 aliphatic heterocycles. The van der Waals surface area contributed by atoms with Gasteiger partial charge in [-0.15, -0.1) is 0 Å². The second-order valence-electron chi connectivity index (χ2n) is 5.62. The Morgan fingerprint density at radius 2 is 1.67 bits per heavy atom. The van der Waals surface area contributed by atoms with E-state index in [4.69, 9.17) is 9.47 Å². The molecule has 4 nitrogen and oxygen atoms in total. The lowest BCUT2D eigenvalue weighted by Gasteiger charge is -2.11. The van der Waals surface area contributed by atoms with Crippen LogP contribution in [-0.2, 0) is 4.74 Å². The van der Waals surface area contributed by atoms with Crippen LogP contribution in [0.1, 0.15) is 37.4 Å². The van der Waals surface area contributed by atoms with Crippen molar-refractivity contribution >= 4 is 11.8 Å². The predicted octanol–water partition coefficient (Wildman–Crippen LogP) is 3.80. The quantitative estimate of drug-likeness (QED) is 0.618. The Morgan fingerprint density at radius 3 is 2.21 bits per heavy atom. The van der Waals surface area contributed by atoms with Crippen molar-refractivity contribution < 1.29 is 23.5 Å². The highest BCUT2D eigenvalue weighted by atomic mass is 19.1. The number of aryl methyl sites for hydroxylation is 3. The maximum absolute atomic E-state index is 13.8. The maximum atomic E-state index is 13.8. The number of methoxy groups -OCH3 is 1. The molecule has 5 heteroatoms. The van der Waals surface area contributed by atoms with E-state index in [1.165, 1.54) is 19.2 Å². The Hall–Kier alpha value is -2.69. The third-order valence-electron chi connectivity index (χ3n) is 3.69. The van der Waals surface area contributed by atoms with Crippen LogP contribution >= 0.6 is 0 Å². The summed E-state index contributed by atoms with van der Waals surface area (Å²) in [4.78, 5) is 24.3. The summed E-state index contributed by atoms with van der Waals surface area (Å²) >= 11 is 0. The van der Waals surface area contributed by atoms with Crippen molar-refractivity contribution in [3.8, 4) is 5.75 Å². The molecule has 0 saturated carbocycles. The fourth-order valence-electron chi connectivity index (χ4n) is 2.69. The fraction of sp³-hybridized carbons (Fsp3) is 0.263. The summed E-state index contributed by atoms with van der Waals surface area (Å²) in [5, 5.41) is 0. The number of ether oxygens (including phenoxy) is 2. The second kappa shape index (κ2) is 7.25. The molecule has 0 N–H and O–H groups in total. The third kappa shape index (κ3) is 3.79. The van der Waals surface area contributed by atoms with Crippen LogP contribution in [0, 0.1) is 26.6 Å². The number of rotatable bonds is 5. The molecular formula is C19H19FO4. The van der Waals surface area contributed by atoms with Crippen molar-refractivity contribution in [2.75, 3.05) is 13.7 Å². The van der Waals surface area contributed by atoms with E-state index in [0.29, 0.717) is 11.3 Å². The second-order valence-corrected chi connectivity index (χ2v) is 5.62. The summed E-state index contributed by atoms with van der Waals surface area (Å²) in [6.07, 6.45) is 0. The lowest BCUT2D eigenvalue weighted by Crippen LogP contribution is -2.17. The Labute approximate surface area is 140 Å².